The van der Waals surface area contributed by atoms with Gasteiger partial charge in [0.15, 0.2) is 10.6 Å². The third-order valence-electron chi connectivity index (χ3n) is 4.81. The second-order valence-electron chi connectivity index (χ2n) is 6.45. The van der Waals surface area contributed by atoms with Crippen molar-refractivity contribution in [2.45, 2.75) is 25.4 Å². The summed E-state index contributed by atoms with van der Waals surface area (Å²) in [4.78, 5) is 6.61. The van der Waals surface area contributed by atoms with E-state index < -0.39 is 0 Å². The molecule has 0 saturated carbocycles. The van der Waals surface area contributed by atoms with Crippen molar-refractivity contribution < 1.29 is 0 Å². The molecule has 0 spiro atoms. The fourth-order valence-corrected chi connectivity index (χ4v) is 3.81. The number of piperidine rings is 1. The number of H-pyrrole nitrogens is 1. The highest BCUT2D eigenvalue weighted by atomic mass is 32.1. The fourth-order valence-electron chi connectivity index (χ4n) is 3.53. The molecule has 1 fully saturated rings. The molecule has 25 heavy (non-hydrogen) atoms. The number of rotatable bonds is 4. The molecule has 5 nitrogen and oxygen atoms in total. The van der Waals surface area contributed by atoms with Crippen molar-refractivity contribution in [1.29, 1.82) is 0 Å². The van der Waals surface area contributed by atoms with E-state index in [1.165, 1.54) is 5.56 Å². The maximum Gasteiger partial charge on any atom is 0.195 e. The third kappa shape index (κ3) is 3.55. The minimum Gasteiger partial charge on any atom is -0.299 e. The van der Waals surface area contributed by atoms with Gasteiger partial charge in [0, 0.05) is 43.6 Å². The molecule has 1 aromatic carbocycles. The van der Waals surface area contributed by atoms with Crippen LogP contribution in [0.1, 0.15) is 24.4 Å². The van der Waals surface area contributed by atoms with Gasteiger partial charge in [-0.15, -0.1) is 0 Å². The van der Waals surface area contributed by atoms with Crippen LogP contribution < -0.4 is 0 Å². The Bertz CT molecular complexity index is 864. The second kappa shape index (κ2) is 7.29. The number of nitrogens with one attached hydrogen (secondary N) is 1. The SMILES string of the molecule is S=c1[nH]nc(-c2ccncc2)n1C1CCN(Cc2ccccc2)CC1. The monoisotopic (exact) mass is 351 g/mol. The molecule has 0 unspecified atom stereocenters. The van der Waals surface area contributed by atoms with Crippen LogP contribution in [0.25, 0.3) is 11.4 Å². The van der Waals surface area contributed by atoms with E-state index in [1.54, 1.807) is 12.4 Å². The molecule has 128 valence electrons. The Morgan fingerprint density at radius 1 is 1.04 bits per heavy atom. The van der Waals surface area contributed by atoms with E-state index in [2.05, 4.69) is 55.0 Å². The molecule has 4 rings (SSSR count). The lowest BCUT2D eigenvalue weighted by Crippen LogP contribution is -2.34. The number of nitrogens with zero attached hydrogens (tertiary/aromatic N) is 4. The smallest absolute Gasteiger partial charge is 0.195 e. The average Bonchev–Trinajstić information content (AvgIpc) is 3.05. The first-order chi connectivity index (χ1) is 12.3. The highest BCUT2D eigenvalue weighted by Crippen LogP contribution is 2.28. The largest absolute Gasteiger partial charge is 0.299 e. The molecule has 0 aliphatic carbocycles. The Labute approximate surface area is 152 Å². The first kappa shape index (κ1) is 16.2. The van der Waals surface area contributed by atoms with Gasteiger partial charge in [0.1, 0.15) is 0 Å². The number of pyridine rings is 1. The van der Waals surface area contributed by atoms with Crippen molar-refractivity contribution in [2.24, 2.45) is 0 Å². The zero-order chi connectivity index (χ0) is 17.1. The summed E-state index contributed by atoms with van der Waals surface area (Å²) >= 11 is 5.50. The topological polar surface area (TPSA) is 49.7 Å². The van der Waals surface area contributed by atoms with Gasteiger partial charge >= 0.3 is 0 Å². The van der Waals surface area contributed by atoms with Crippen molar-refractivity contribution >= 4 is 12.2 Å². The molecule has 1 aliphatic rings. The van der Waals surface area contributed by atoms with Crippen molar-refractivity contribution in [3.63, 3.8) is 0 Å². The molecule has 1 N–H and O–H groups in total. The number of likely N-dealkylation sites (tertiary alicyclic amines) is 1. The quantitative estimate of drug-likeness (QED) is 0.726. The number of hydrogen-bond donors (Lipinski definition) is 1. The summed E-state index contributed by atoms with van der Waals surface area (Å²) in [6.45, 7) is 3.16. The van der Waals surface area contributed by atoms with Crippen molar-refractivity contribution in [2.75, 3.05) is 13.1 Å². The van der Waals surface area contributed by atoms with Gasteiger partial charge in [-0.3, -0.25) is 19.5 Å². The van der Waals surface area contributed by atoms with E-state index >= 15 is 0 Å². The summed E-state index contributed by atoms with van der Waals surface area (Å²) in [6.07, 6.45) is 5.75. The standard InChI is InChI=1S/C19H21N5S/c25-19-22-21-18(16-6-10-20-11-7-16)24(19)17-8-12-23(13-9-17)14-15-4-2-1-3-5-15/h1-7,10-11,17H,8-9,12-14H2,(H,22,25). The van der Waals surface area contributed by atoms with Gasteiger partial charge in [-0.05, 0) is 42.8 Å². The Morgan fingerprint density at radius 3 is 2.48 bits per heavy atom. The van der Waals surface area contributed by atoms with Crippen LogP contribution >= 0.6 is 12.2 Å². The van der Waals surface area contributed by atoms with Crippen LogP contribution in [0.3, 0.4) is 0 Å². The lowest BCUT2D eigenvalue weighted by atomic mass is 10.0. The highest BCUT2D eigenvalue weighted by Gasteiger charge is 2.24. The number of aromatic amines is 1. The molecule has 3 heterocycles. The van der Waals surface area contributed by atoms with E-state index in [0.717, 1.165) is 43.9 Å². The van der Waals surface area contributed by atoms with Crippen LogP contribution in [-0.2, 0) is 6.54 Å². The molecule has 6 heteroatoms. The zero-order valence-corrected chi connectivity index (χ0v) is 14.8. The van der Waals surface area contributed by atoms with Gasteiger partial charge in [0.05, 0.1) is 0 Å². The number of aromatic nitrogens is 4. The van der Waals surface area contributed by atoms with E-state index in [4.69, 9.17) is 12.2 Å². The van der Waals surface area contributed by atoms with Gasteiger partial charge in [0.2, 0.25) is 0 Å². The molecular weight excluding hydrogens is 330 g/mol. The molecular formula is C19H21N5S. The summed E-state index contributed by atoms with van der Waals surface area (Å²) in [5.41, 5.74) is 2.42. The molecule has 2 aromatic heterocycles. The summed E-state index contributed by atoms with van der Waals surface area (Å²) in [7, 11) is 0. The second-order valence-corrected chi connectivity index (χ2v) is 6.84. The summed E-state index contributed by atoms with van der Waals surface area (Å²) in [6, 6.07) is 15.0. The van der Waals surface area contributed by atoms with Crippen LogP contribution in [0, 0.1) is 4.77 Å². The van der Waals surface area contributed by atoms with Gasteiger partial charge in [-0.1, -0.05) is 30.3 Å². The average molecular weight is 351 g/mol. The van der Waals surface area contributed by atoms with Crippen LogP contribution in [0.4, 0.5) is 0 Å². The van der Waals surface area contributed by atoms with Crippen LogP contribution in [0.5, 0.6) is 0 Å². The molecule has 0 amide bonds. The first-order valence-electron chi connectivity index (χ1n) is 8.65. The first-order valence-corrected chi connectivity index (χ1v) is 9.05. The normalized spacial score (nSPS) is 16.2. The van der Waals surface area contributed by atoms with Crippen LogP contribution in [0.2, 0.25) is 0 Å². The number of benzene rings is 1. The van der Waals surface area contributed by atoms with Crippen molar-refractivity contribution in [3.05, 3.63) is 65.2 Å². The lowest BCUT2D eigenvalue weighted by Gasteiger charge is -2.33. The maximum atomic E-state index is 5.50. The molecule has 0 bridgehead atoms. The Balaban J connectivity index is 1.48. The van der Waals surface area contributed by atoms with Crippen molar-refractivity contribution in [3.8, 4) is 11.4 Å². The summed E-state index contributed by atoms with van der Waals surface area (Å²) < 4.78 is 2.89. The summed E-state index contributed by atoms with van der Waals surface area (Å²) in [5.74, 6) is 0.911. The van der Waals surface area contributed by atoms with Gasteiger partial charge < -0.3 is 0 Å². The zero-order valence-electron chi connectivity index (χ0n) is 14.0. The molecule has 0 atom stereocenters. The predicted molar refractivity (Wildman–Crippen MR) is 101 cm³/mol. The minimum atomic E-state index is 0.390. The van der Waals surface area contributed by atoms with Crippen LogP contribution in [-0.4, -0.2) is 37.7 Å². The van der Waals surface area contributed by atoms with Crippen molar-refractivity contribution in [1.82, 2.24) is 24.6 Å². The molecule has 0 radical (unpaired) electrons. The van der Waals surface area contributed by atoms with Crippen LogP contribution in [0.15, 0.2) is 54.9 Å². The van der Waals surface area contributed by atoms with Gasteiger partial charge in [-0.25, -0.2) is 0 Å². The highest BCUT2D eigenvalue weighted by molar-refractivity contribution is 7.71. The fraction of sp³-hybridized carbons (Fsp3) is 0.316. The Kier molecular flexibility index (Phi) is 4.72. The lowest BCUT2D eigenvalue weighted by molar-refractivity contribution is 0.179. The minimum absolute atomic E-state index is 0.390. The van der Waals surface area contributed by atoms with E-state index in [1.807, 2.05) is 12.1 Å². The molecule has 1 saturated heterocycles. The van der Waals surface area contributed by atoms with Gasteiger partial charge in [-0.2, -0.15) is 5.10 Å². The summed E-state index contributed by atoms with van der Waals surface area (Å²) in [5, 5.41) is 7.42. The van der Waals surface area contributed by atoms with E-state index in [-0.39, 0.29) is 0 Å². The third-order valence-corrected chi connectivity index (χ3v) is 5.10. The van der Waals surface area contributed by atoms with E-state index in [0.29, 0.717) is 10.8 Å². The Hall–Kier alpha value is -2.31. The number of hydrogen-bond acceptors (Lipinski definition) is 4. The predicted octanol–water partition coefficient (Wildman–Crippen LogP) is 3.84. The van der Waals surface area contributed by atoms with E-state index in [9.17, 15) is 0 Å². The molecule has 1 aliphatic heterocycles. The maximum absolute atomic E-state index is 5.50. The molecule has 3 aromatic rings. The Morgan fingerprint density at radius 2 is 1.76 bits per heavy atom. The van der Waals surface area contributed by atoms with Gasteiger partial charge in [0.25, 0.3) is 0 Å².